The molecule has 34 heavy (non-hydrogen) atoms. The zero-order valence-corrected chi connectivity index (χ0v) is 20.6. The molecular formula is C26H34F3NO4. The Kier molecular flexibility index (Phi) is 9.65. The summed E-state index contributed by atoms with van der Waals surface area (Å²) in [5.74, 6) is -4.65. The van der Waals surface area contributed by atoms with Crippen LogP contribution in [0, 0.1) is 29.3 Å². The summed E-state index contributed by atoms with van der Waals surface area (Å²) in [4.78, 5) is 15.0. The van der Waals surface area contributed by atoms with E-state index in [1.54, 1.807) is 4.90 Å². The fourth-order valence-corrected chi connectivity index (χ4v) is 4.56. The average molecular weight is 482 g/mol. The summed E-state index contributed by atoms with van der Waals surface area (Å²) in [5, 5.41) is 10.7. The number of hydrogen-bond acceptors (Lipinski definition) is 4. The highest BCUT2D eigenvalue weighted by Crippen LogP contribution is 2.43. The van der Waals surface area contributed by atoms with Gasteiger partial charge in [0, 0.05) is 43.1 Å². The van der Waals surface area contributed by atoms with Crippen LogP contribution in [-0.4, -0.2) is 43.2 Å². The highest BCUT2D eigenvalue weighted by molar-refractivity contribution is 5.78. The molecule has 1 saturated heterocycles. The van der Waals surface area contributed by atoms with Crippen LogP contribution in [0.4, 0.5) is 13.2 Å². The third kappa shape index (κ3) is 6.15. The molecule has 1 heterocycles. The van der Waals surface area contributed by atoms with Crippen LogP contribution < -0.4 is 9.47 Å². The molecule has 2 aromatic rings. The van der Waals surface area contributed by atoms with Crippen molar-refractivity contribution in [1.29, 1.82) is 0 Å². The smallest absolute Gasteiger partial charge is 0.223 e. The van der Waals surface area contributed by atoms with Crippen LogP contribution in [0.2, 0.25) is 0 Å². The summed E-state index contributed by atoms with van der Waals surface area (Å²) in [6.07, 6.45) is 0.828. The van der Waals surface area contributed by atoms with Gasteiger partial charge in [0.2, 0.25) is 5.91 Å². The highest BCUT2D eigenvalue weighted by Gasteiger charge is 2.32. The zero-order valence-electron chi connectivity index (χ0n) is 20.6. The number of phenols is 1. The molecule has 1 fully saturated rings. The van der Waals surface area contributed by atoms with E-state index in [2.05, 4.69) is 13.8 Å². The number of hydrogen-bond donors (Lipinski definition) is 1. The Morgan fingerprint density at radius 1 is 1.03 bits per heavy atom. The lowest BCUT2D eigenvalue weighted by atomic mass is 9.85. The number of halogens is 3. The van der Waals surface area contributed by atoms with Crippen molar-refractivity contribution in [3.05, 3.63) is 52.8 Å². The van der Waals surface area contributed by atoms with Crippen molar-refractivity contribution in [2.75, 3.05) is 27.3 Å². The van der Waals surface area contributed by atoms with E-state index in [1.807, 2.05) is 13.8 Å². The Morgan fingerprint density at radius 2 is 1.59 bits per heavy atom. The van der Waals surface area contributed by atoms with Gasteiger partial charge in [0.1, 0.15) is 17.2 Å². The minimum absolute atomic E-state index is 0.0200. The average Bonchev–Trinajstić information content (AvgIpc) is 2.81. The topological polar surface area (TPSA) is 59.0 Å². The predicted octanol–water partition coefficient (Wildman–Crippen LogP) is 5.88. The Bertz CT molecular complexity index is 965. The molecule has 0 radical (unpaired) electrons. The van der Waals surface area contributed by atoms with E-state index < -0.39 is 23.4 Å². The van der Waals surface area contributed by atoms with E-state index in [1.165, 1.54) is 26.4 Å². The molecule has 3 atom stereocenters. The van der Waals surface area contributed by atoms with Gasteiger partial charge in [-0.25, -0.2) is 13.2 Å². The minimum atomic E-state index is -1.59. The number of amides is 1. The first-order valence-electron chi connectivity index (χ1n) is 11.5. The van der Waals surface area contributed by atoms with E-state index in [9.17, 15) is 23.1 Å². The van der Waals surface area contributed by atoms with Crippen molar-refractivity contribution < 1.29 is 32.5 Å². The summed E-state index contributed by atoms with van der Waals surface area (Å²) in [6.45, 7) is 9.29. The predicted molar refractivity (Wildman–Crippen MR) is 125 cm³/mol. The fraction of sp³-hybridized carbons (Fsp3) is 0.500. The number of carbonyl (C=O) groups is 1. The Hall–Kier alpha value is -2.90. The normalized spacial score (nSPS) is 18.6. The number of carbonyl (C=O) groups excluding carboxylic acids is 1. The Labute approximate surface area is 199 Å². The lowest BCUT2D eigenvalue weighted by Crippen LogP contribution is -2.43. The number of rotatable bonds is 6. The van der Waals surface area contributed by atoms with Crippen LogP contribution >= 0.6 is 0 Å². The van der Waals surface area contributed by atoms with Gasteiger partial charge in [0.05, 0.1) is 14.2 Å². The third-order valence-electron chi connectivity index (χ3n) is 5.91. The number of likely N-dealkylation sites (tertiary alicyclic amines) is 1. The molecule has 0 spiro atoms. The number of ether oxygens (including phenoxy) is 2. The van der Waals surface area contributed by atoms with Crippen LogP contribution in [0.15, 0.2) is 24.3 Å². The number of methoxy groups -OCH3 is 2. The van der Waals surface area contributed by atoms with Crippen molar-refractivity contribution in [3.8, 4) is 17.2 Å². The molecule has 0 saturated carbocycles. The van der Waals surface area contributed by atoms with Gasteiger partial charge in [0.25, 0.3) is 0 Å². The van der Waals surface area contributed by atoms with Gasteiger partial charge < -0.3 is 19.5 Å². The van der Waals surface area contributed by atoms with Crippen LogP contribution in [0.5, 0.6) is 17.2 Å². The first-order valence-corrected chi connectivity index (χ1v) is 11.5. The molecule has 1 aliphatic heterocycles. The number of benzene rings is 2. The van der Waals surface area contributed by atoms with E-state index in [-0.39, 0.29) is 35.0 Å². The summed E-state index contributed by atoms with van der Waals surface area (Å²) in [6, 6.07) is 4.53. The highest BCUT2D eigenvalue weighted by atomic mass is 19.2. The quantitative estimate of drug-likeness (QED) is 0.524. The zero-order chi connectivity index (χ0) is 25.6. The van der Waals surface area contributed by atoms with Crippen LogP contribution in [0.3, 0.4) is 0 Å². The molecular weight excluding hydrogens is 447 g/mol. The van der Waals surface area contributed by atoms with Crippen molar-refractivity contribution in [2.24, 2.45) is 11.8 Å². The number of nitrogens with zero attached hydrogens (tertiary/aromatic N) is 1. The van der Waals surface area contributed by atoms with Crippen LogP contribution in [0.25, 0.3) is 0 Å². The van der Waals surface area contributed by atoms with E-state index >= 15 is 0 Å². The van der Waals surface area contributed by atoms with Crippen LogP contribution in [0.1, 0.15) is 57.6 Å². The molecule has 5 nitrogen and oxygen atoms in total. The molecule has 1 aliphatic rings. The molecule has 0 aliphatic carbocycles. The SMILES string of the molecule is CC.COc1cc(O)c(C(CC(=O)N2CC(C)CC(C)C2)c2cc(F)c(F)c(F)c2)c(OC)c1. The number of aromatic hydroxyl groups is 1. The molecule has 1 N–H and O–H groups in total. The largest absolute Gasteiger partial charge is 0.507 e. The molecule has 0 aromatic heterocycles. The van der Waals surface area contributed by atoms with Gasteiger partial charge in [-0.1, -0.05) is 27.7 Å². The molecule has 0 bridgehead atoms. The van der Waals surface area contributed by atoms with E-state index in [0.29, 0.717) is 30.7 Å². The van der Waals surface area contributed by atoms with Crippen molar-refractivity contribution in [1.82, 2.24) is 4.90 Å². The molecule has 188 valence electrons. The summed E-state index contributed by atoms with van der Waals surface area (Å²) >= 11 is 0. The molecule has 1 amide bonds. The van der Waals surface area contributed by atoms with Gasteiger partial charge in [-0.2, -0.15) is 0 Å². The van der Waals surface area contributed by atoms with E-state index in [4.69, 9.17) is 9.47 Å². The van der Waals surface area contributed by atoms with E-state index in [0.717, 1.165) is 18.6 Å². The summed E-state index contributed by atoms with van der Waals surface area (Å²) in [5.41, 5.74) is 0.191. The minimum Gasteiger partial charge on any atom is -0.507 e. The van der Waals surface area contributed by atoms with Gasteiger partial charge in [0.15, 0.2) is 17.5 Å². The van der Waals surface area contributed by atoms with Gasteiger partial charge >= 0.3 is 0 Å². The maximum absolute atomic E-state index is 14.1. The van der Waals surface area contributed by atoms with Crippen LogP contribution in [-0.2, 0) is 4.79 Å². The monoisotopic (exact) mass is 481 g/mol. The second-order valence-electron chi connectivity index (χ2n) is 8.56. The maximum Gasteiger partial charge on any atom is 0.223 e. The summed E-state index contributed by atoms with van der Waals surface area (Å²) < 4.78 is 52.3. The number of piperidine rings is 1. The van der Waals surface area contributed by atoms with Gasteiger partial charge in [-0.3, -0.25) is 4.79 Å². The lowest BCUT2D eigenvalue weighted by molar-refractivity contribution is -0.134. The standard InChI is InChI=1S/C24H28F3NO4.C2H6/c1-13-5-14(2)12-28(11-13)22(30)10-17(15-6-18(25)24(27)19(26)7-15)23-20(29)8-16(31-3)9-21(23)32-4;1-2/h6-9,13-14,17,29H,5,10-12H2,1-4H3;1-2H3. The lowest BCUT2D eigenvalue weighted by Gasteiger charge is -2.36. The van der Waals surface area contributed by atoms with Crippen molar-refractivity contribution >= 4 is 5.91 Å². The first-order chi connectivity index (χ1) is 16.1. The first kappa shape index (κ1) is 27.3. The molecule has 3 rings (SSSR count). The molecule has 3 unspecified atom stereocenters. The number of phenolic OH excluding ortho intramolecular Hbond substituents is 1. The second-order valence-corrected chi connectivity index (χ2v) is 8.56. The van der Waals surface area contributed by atoms with Gasteiger partial charge in [-0.05, 0) is 36.0 Å². The third-order valence-corrected chi connectivity index (χ3v) is 5.91. The van der Waals surface area contributed by atoms with Crippen molar-refractivity contribution in [2.45, 2.75) is 46.5 Å². The molecule has 8 heteroatoms. The maximum atomic E-state index is 14.1. The second kappa shape index (κ2) is 12.0. The Balaban J connectivity index is 0.00000199. The Morgan fingerprint density at radius 3 is 2.09 bits per heavy atom. The fourth-order valence-electron chi connectivity index (χ4n) is 4.56. The van der Waals surface area contributed by atoms with Gasteiger partial charge in [-0.15, -0.1) is 0 Å². The molecule has 2 aromatic carbocycles. The van der Waals surface area contributed by atoms with Crippen molar-refractivity contribution in [3.63, 3.8) is 0 Å². The summed E-state index contributed by atoms with van der Waals surface area (Å²) in [7, 11) is 2.79.